The molecule has 0 saturated heterocycles. The fourth-order valence-electron chi connectivity index (χ4n) is 2.35. The first-order valence-electron chi connectivity index (χ1n) is 7.42. The van der Waals surface area contributed by atoms with Crippen molar-refractivity contribution in [1.82, 2.24) is 5.32 Å². The molecule has 0 amide bonds. The van der Waals surface area contributed by atoms with Gasteiger partial charge in [-0.25, -0.2) is 0 Å². The number of para-hydroxylation sites is 1. The number of nitrogens with two attached hydrogens (primary N) is 1. The Hall–Kier alpha value is -1.97. The number of nitrogens with one attached hydrogen (secondary N) is 3. The van der Waals surface area contributed by atoms with Gasteiger partial charge in [0.2, 0.25) is 0 Å². The lowest BCUT2D eigenvalue weighted by Gasteiger charge is -2.25. The highest BCUT2D eigenvalue weighted by molar-refractivity contribution is 7.99. The number of halogens is 3. The van der Waals surface area contributed by atoms with Crippen LogP contribution < -0.4 is 21.7 Å². The fourth-order valence-corrected chi connectivity index (χ4v) is 3.62. The van der Waals surface area contributed by atoms with Gasteiger partial charge in [-0.05, 0) is 36.5 Å². The van der Waals surface area contributed by atoms with E-state index in [9.17, 15) is 13.2 Å². The summed E-state index contributed by atoms with van der Waals surface area (Å²) in [6.45, 7) is 0.794. The lowest BCUT2D eigenvalue weighted by molar-refractivity contribution is -0.137. The van der Waals surface area contributed by atoms with Gasteiger partial charge < -0.3 is 21.7 Å². The van der Waals surface area contributed by atoms with Gasteiger partial charge in [0.05, 0.1) is 22.6 Å². The number of alkyl halides is 3. The summed E-state index contributed by atoms with van der Waals surface area (Å²) in [7, 11) is 0. The largest absolute Gasteiger partial charge is 0.416 e. The Morgan fingerprint density at radius 1 is 1.20 bits per heavy atom. The predicted molar refractivity (Wildman–Crippen MR) is 98.6 cm³/mol. The average molecular weight is 384 g/mol. The Morgan fingerprint density at radius 2 is 1.96 bits per heavy atom. The topological polar surface area (TPSA) is 62.1 Å². The molecule has 5 N–H and O–H groups in total. The van der Waals surface area contributed by atoms with Crippen LogP contribution in [0.4, 0.5) is 30.2 Å². The molecule has 4 nitrogen and oxygen atoms in total. The molecular formula is C16H15F3N4S2. The summed E-state index contributed by atoms with van der Waals surface area (Å²) in [4.78, 5) is 1.35. The molecule has 0 bridgehead atoms. The Labute approximate surface area is 152 Å². The fraction of sp³-hybridized carbons (Fsp3) is 0.188. The standard InChI is InChI=1S/C16H15F3N4S2/c17-16(18,19)9-7-11(23-15(24)21-6-5-20)14-13(8-9)25-12-4-2-1-3-10(12)22-14/h1-4,7-8,22H,5-6,20H2,(H2,21,23,24). The van der Waals surface area contributed by atoms with Crippen molar-refractivity contribution in [2.45, 2.75) is 16.0 Å². The molecule has 0 fully saturated rings. The Morgan fingerprint density at radius 3 is 2.68 bits per heavy atom. The number of rotatable bonds is 3. The minimum Gasteiger partial charge on any atom is -0.361 e. The van der Waals surface area contributed by atoms with Gasteiger partial charge >= 0.3 is 6.18 Å². The smallest absolute Gasteiger partial charge is 0.361 e. The van der Waals surface area contributed by atoms with E-state index in [4.69, 9.17) is 18.0 Å². The van der Waals surface area contributed by atoms with Gasteiger partial charge in [0.1, 0.15) is 0 Å². The molecule has 1 aliphatic heterocycles. The first-order valence-corrected chi connectivity index (χ1v) is 8.65. The van der Waals surface area contributed by atoms with Crippen LogP contribution in [-0.4, -0.2) is 18.2 Å². The summed E-state index contributed by atoms with van der Waals surface area (Å²) in [5, 5.41) is 9.09. The van der Waals surface area contributed by atoms with Crippen molar-refractivity contribution in [2.24, 2.45) is 5.73 Å². The molecule has 1 aliphatic rings. The molecule has 0 spiro atoms. The van der Waals surface area contributed by atoms with E-state index in [1.165, 1.54) is 11.8 Å². The number of fused-ring (bicyclic) bond motifs is 2. The third kappa shape index (κ3) is 4.00. The first-order chi connectivity index (χ1) is 11.9. The van der Waals surface area contributed by atoms with Crippen LogP contribution in [-0.2, 0) is 6.18 Å². The second-order valence-electron chi connectivity index (χ2n) is 5.29. The van der Waals surface area contributed by atoms with E-state index in [-0.39, 0.29) is 10.8 Å². The number of hydrogen-bond donors (Lipinski definition) is 4. The molecular weight excluding hydrogens is 369 g/mol. The third-order valence-corrected chi connectivity index (χ3v) is 4.84. The van der Waals surface area contributed by atoms with Gasteiger partial charge in [0.25, 0.3) is 0 Å². The number of thiocarbonyl (C=S) groups is 1. The van der Waals surface area contributed by atoms with Crippen molar-refractivity contribution in [3.8, 4) is 0 Å². The van der Waals surface area contributed by atoms with Crippen LogP contribution in [0.3, 0.4) is 0 Å². The van der Waals surface area contributed by atoms with Crippen LogP contribution in [0.1, 0.15) is 5.56 Å². The molecule has 0 saturated carbocycles. The van der Waals surface area contributed by atoms with E-state index in [1.807, 2.05) is 24.3 Å². The molecule has 1 heterocycles. The predicted octanol–water partition coefficient (Wildman–Crippen LogP) is 4.16. The molecule has 2 aromatic rings. The van der Waals surface area contributed by atoms with Crippen LogP contribution >= 0.6 is 24.0 Å². The number of anilines is 3. The van der Waals surface area contributed by atoms with E-state index >= 15 is 0 Å². The van der Waals surface area contributed by atoms with Crippen LogP contribution in [0, 0.1) is 0 Å². The minimum absolute atomic E-state index is 0.220. The summed E-state index contributed by atoms with van der Waals surface area (Å²) in [6, 6.07) is 9.63. The summed E-state index contributed by atoms with van der Waals surface area (Å²) >= 11 is 6.41. The average Bonchev–Trinajstić information content (AvgIpc) is 2.57. The summed E-state index contributed by atoms with van der Waals surface area (Å²) < 4.78 is 39.8. The zero-order chi connectivity index (χ0) is 18.0. The maximum absolute atomic E-state index is 13.3. The zero-order valence-corrected chi connectivity index (χ0v) is 14.5. The molecule has 0 aliphatic carbocycles. The number of hydrogen-bond acceptors (Lipinski definition) is 4. The van der Waals surface area contributed by atoms with Crippen LogP contribution in [0.2, 0.25) is 0 Å². The van der Waals surface area contributed by atoms with E-state index in [0.717, 1.165) is 22.7 Å². The molecule has 0 atom stereocenters. The zero-order valence-electron chi connectivity index (χ0n) is 12.9. The van der Waals surface area contributed by atoms with E-state index in [1.54, 1.807) is 0 Å². The Bertz CT molecular complexity index is 808. The van der Waals surface area contributed by atoms with Gasteiger partial charge in [0.15, 0.2) is 5.11 Å². The van der Waals surface area contributed by atoms with Gasteiger partial charge in [-0.3, -0.25) is 0 Å². The van der Waals surface area contributed by atoms with E-state index in [0.29, 0.717) is 23.7 Å². The van der Waals surface area contributed by atoms with Crippen LogP contribution in [0.5, 0.6) is 0 Å². The molecule has 132 valence electrons. The lowest BCUT2D eigenvalue weighted by atomic mass is 10.1. The summed E-state index contributed by atoms with van der Waals surface area (Å²) in [5.41, 5.74) is 6.33. The van der Waals surface area contributed by atoms with Crippen LogP contribution in [0.25, 0.3) is 0 Å². The second-order valence-corrected chi connectivity index (χ2v) is 6.78. The lowest BCUT2D eigenvalue weighted by Crippen LogP contribution is -2.33. The monoisotopic (exact) mass is 384 g/mol. The van der Waals surface area contributed by atoms with E-state index < -0.39 is 11.7 Å². The molecule has 9 heteroatoms. The molecule has 2 aromatic carbocycles. The van der Waals surface area contributed by atoms with Gasteiger partial charge in [-0.2, -0.15) is 13.2 Å². The molecule has 3 rings (SSSR count). The maximum Gasteiger partial charge on any atom is 0.416 e. The van der Waals surface area contributed by atoms with Crippen molar-refractivity contribution < 1.29 is 13.2 Å². The molecule has 25 heavy (non-hydrogen) atoms. The van der Waals surface area contributed by atoms with Crippen molar-refractivity contribution in [2.75, 3.05) is 23.7 Å². The SMILES string of the molecule is NCCNC(=S)Nc1cc(C(F)(F)F)cc2c1Nc1ccccc1S2. The number of benzene rings is 2. The van der Waals surface area contributed by atoms with Gasteiger partial charge in [0, 0.05) is 22.9 Å². The highest BCUT2D eigenvalue weighted by Gasteiger charge is 2.33. The van der Waals surface area contributed by atoms with Gasteiger partial charge in [-0.15, -0.1) is 0 Å². The highest BCUT2D eigenvalue weighted by atomic mass is 32.2. The maximum atomic E-state index is 13.3. The summed E-state index contributed by atoms with van der Waals surface area (Å²) in [5.74, 6) is 0. The Balaban J connectivity index is 2.00. The first kappa shape index (κ1) is 17.8. The van der Waals surface area contributed by atoms with Crippen molar-refractivity contribution in [3.05, 3.63) is 42.0 Å². The van der Waals surface area contributed by atoms with Crippen molar-refractivity contribution in [1.29, 1.82) is 0 Å². The third-order valence-electron chi connectivity index (χ3n) is 3.47. The molecule has 0 unspecified atom stereocenters. The highest BCUT2D eigenvalue weighted by Crippen LogP contribution is 2.49. The quantitative estimate of drug-likeness (QED) is 0.509. The minimum atomic E-state index is -4.45. The second kappa shape index (κ2) is 7.11. The normalized spacial score (nSPS) is 12.6. The molecule has 0 aromatic heterocycles. The summed E-state index contributed by atoms with van der Waals surface area (Å²) in [6.07, 6.45) is -4.45. The van der Waals surface area contributed by atoms with E-state index in [2.05, 4.69) is 16.0 Å². The molecule has 0 radical (unpaired) electrons. The van der Waals surface area contributed by atoms with Crippen molar-refractivity contribution in [3.63, 3.8) is 0 Å². The van der Waals surface area contributed by atoms with Crippen LogP contribution in [0.15, 0.2) is 46.2 Å². The Kier molecular flexibility index (Phi) is 5.07. The van der Waals surface area contributed by atoms with Crippen molar-refractivity contribution >= 4 is 46.2 Å². The van der Waals surface area contributed by atoms with Gasteiger partial charge in [-0.1, -0.05) is 23.9 Å².